The molecule has 112 valence electrons. The highest BCUT2D eigenvalue weighted by atomic mass is 16.3. The zero-order valence-corrected chi connectivity index (χ0v) is 12.8. The van der Waals surface area contributed by atoms with Crippen molar-refractivity contribution in [3.8, 4) is 5.69 Å². The van der Waals surface area contributed by atoms with Crippen molar-refractivity contribution in [1.29, 1.82) is 0 Å². The maximum absolute atomic E-state index is 9.62. The fraction of sp³-hybridized carbons (Fsp3) is 0.529. The lowest BCUT2D eigenvalue weighted by atomic mass is 9.86. The summed E-state index contributed by atoms with van der Waals surface area (Å²) in [4.78, 5) is 0. The third-order valence-electron chi connectivity index (χ3n) is 4.51. The number of aromatic nitrogens is 3. The average Bonchev–Trinajstić information content (AvgIpc) is 2.94. The van der Waals surface area contributed by atoms with Gasteiger partial charge >= 0.3 is 0 Å². The topological polar surface area (TPSA) is 50.9 Å². The van der Waals surface area contributed by atoms with Crippen molar-refractivity contribution in [3.05, 3.63) is 40.7 Å². The summed E-state index contributed by atoms with van der Waals surface area (Å²) in [6, 6.07) is 6.39. The Morgan fingerprint density at radius 3 is 2.67 bits per heavy atom. The molecule has 21 heavy (non-hydrogen) atoms. The first-order chi connectivity index (χ1) is 10.2. The van der Waals surface area contributed by atoms with Gasteiger partial charge in [-0.1, -0.05) is 36.6 Å². The summed E-state index contributed by atoms with van der Waals surface area (Å²) in [5.74, 6) is 0.468. The van der Waals surface area contributed by atoms with Gasteiger partial charge < -0.3 is 5.11 Å². The Labute approximate surface area is 125 Å². The molecule has 4 heteroatoms. The van der Waals surface area contributed by atoms with Crippen LogP contribution in [-0.2, 0) is 6.61 Å². The van der Waals surface area contributed by atoms with Crippen LogP contribution < -0.4 is 0 Å². The third-order valence-corrected chi connectivity index (χ3v) is 4.51. The Bertz CT molecular complexity index is 627. The highest BCUT2D eigenvalue weighted by Crippen LogP contribution is 2.35. The van der Waals surface area contributed by atoms with E-state index in [-0.39, 0.29) is 6.61 Å². The molecule has 1 aromatic carbocycles. The quantitative estimate of drug-likeness (QED) is 0.940. The molecule has 2 aromatic rings. The normalized spacial score (nSPS) is 16.3. The van der Waals surface area contributed by atoms with E-state index in [0.29, 0.717) is 5.92 Å². The lowest BCUT2D eigenvalue weighted by Gasteiger charge is -2.23. The van der Waals surface area contributed by atoms with Crippen molar-refractivity contribution in [2.45, 2.75) is 58.5 Å². The zero-order chi connectivity index (χ0) is 14.8. The van der Waals surface area contributed by atoms with Crippen LogP contribution >= 0.6 is 0 Å². The number of hydrogen-bond acceptors (Lipinski definition) is 3. The maximum atomic E-state index is 9.62. The molecule has 4 nitrogen and oxygen atoms in total. The highest BCUT2D eigenvalue weighted by Gasteiger charge is 2.25. The van der Waals surface area contributed by atoms with Gasteiger partial charge in [0.2, 0.25) is 0 Å². The zero-order valence-electron chi connectivity index (χ0n) is 12.8. The minimum absolute atomic E-state index is 0.0311. The van der Waals surface area contributed by atoms with Gasteiger partial charge in [0.05, 0.1) is 18.0 Å². The molecule has 0 spiro atoms. The van der Waals surface area contributed by atoms with Gasteiger partial charge in [0.1, 0.15) is 5.69 Å². The van der Waals surface area contributed by atoms with Crippen LogP contribution in [-0.4, -0.2) is 20.1 Å². The maximum Gasteiger partial charge on any atom is 0.112 e. The van der Waals surface area contributed by atoms with E-state index in [1.54, 1.807) is 0 Å². The summed E-state index contributed by atoms with van der Waals surface area (Å²) in [5.41, 5.74) is 5.34. The monoisotopic (exact) mass is 285 g/mol. The van der Waals surface area contributed by atoms with Crippen molar-refractivity contribution in [1.82, 2.24) is 15.0 Å². The first kappa shape index (κ1) is 14.3. The second-order valence-electron chi connectivity index (χ2n) is 6.12. The van der Waals surface area contributed by atoms with E-state index >= 15 is 0 Å². The SMILES string of the molecule is Cc1ccc(C)c(-n2nnc(CO)c2C2CCCCC2)c1. The minimum Gasteiger partial charge on any atom is -0.390 e. The molecular formula is C17H23N3O. The number of hydrogen-bond donors (Lipinski definition) is 1. The first-order valence-electron chi connectivity index (χ1n) is 7.83. The highest BCUT2D eigenvalue weighted by molar-refractivity contribution is 5.44. The summed E-state index contributed by atoms with van der Waals surface area (Å²) in [6.45, 7) is 4.16. The smallest absolute Gasteiger partial charge is 0.112 e. The molecule has 1 fully saturated rings. The summed E-state index contributed by atoms with van der Waals surface area (Å²) in [7, 11) is 0. The van der Waals surface area contributed by atoms with Crippen LogP contribution in [0.4, 0.5) is 0 Å². The summed E-state index contributed by atoms with van der Waals surface area (Å²) in [5, 5.41) is 18.2. The third kappa shape index (κ3) is 2.72. The van der Waals surface area contributed by atoms with E-state index in [2.05, 4.69) is 42.4 Å². The van der Waals surface area contributed by atoms with Gasteiger partial charge in [-0.2, -0.15) is 0 Å². The molecule has 1 heterocycles. The Morgan fingerprint density at radius 2 is 1.95 bits per heavy atom. The number of aliphatic hydroxyl groups excluding tert-OH is 1. The van der Waals surface area contributed by atoms with Crippen LogP contribution in [0.5, 0.6) is 0 Å². The molecule has 0 aliphatic heterocycles. The molecule has 0 bridgehead atoms. The van der Waals surface area contributed by atoms with Gasteiger partial charge in [0.15, 0.2) is 0 Å². The number of aliphatic hydroxyl groups is 1. The van der Waals surface area contributed by atoms with Crippen molar-refractivity contribution >= 4 is 0 Å². The van der Waals surface area contributed by atoms with E-state index < -0.39 is 0 Å². The number of rotatable bonds is 3. The molecule has 0 atom stereocenters. The van der Waals surface area contributed by atoms with Crippen molar-refractivity contribution in [3.63, 3.8) is 0 Å². The van der Waals surface area contributed by atoms with E-state index in [1.807, 2.05) is 4.68 Å². The largest absolute Gasteiger partial charge is 0.390 e. The Morgan fingerprint density at radius 1 is 1.19 bits per heavy atom. The fourth-order valence-corrected chi connectivity index (χ4v) is 3.34. The van der Waals surface area contributed by atoms with Gasteiger partial charge in [0, 0.05) is 5.92 Å². The van der Waals surface area contributed by atoms with Gasteiger partial charge in [-0.05, 0) is 43.9 Å². The summed E-state index contributed by atoms with van der Waals surface area (Å²) in [6.07, 6.45) is 6.17. The lowest BCUT2D eigenvalue weighted by Crippen LogP contribution is -2.13. The van der Waals surface area contributed by atoms with E-state index in [9.17, 15) is 5.11 Å². The van der Waals surface area contributed by atoms with E-state index in [0.717, 1.165) is 17.1 Å². The number of nitrogens with zero attached hydrogens (tertiary/aromatic N) is 3. The van der Waals surface area contributed by atoms with Gasteiger partial charge in [-0.25, -0.2) is 4.68 Å². The van der Waals surface area contributed by atoms with Crippen LogP contribution in [0.2, 0.25) is 0 Å². The van der Waals surface area contributed by atoms with Crippen molar-refractivity contribution < 1.29 is 5.11 Å². The van der Waals surface area contributed by atoms with Crippen molar-refractivity contribution in [2.24, 2.45) is 0 Å². The Balaban J connectivity index is 2.10. The molecule has 1 aliphatic carbocycles. The van der Waals surface area contributed by atoms with Crippen LogP contribution in [0.3, 0.4) is 0 Å². The molecular weight excluding hydrogens is 262 g/mol. The van der Waals surface area contributed by atoms with Gasteiger partial charge in [-0.15, -0.1) is 5.10 Å². The van der Waals surface area contributed by atoms with Crippen molar-refractivity contribution in [2.75, 3.05) is 0 Å². The van der Waals surface area contributed by atoms with Crippen LogP contribution in [0, 0.1) is 13.8 Å². The molecule has 1 saturated carbocycles. The fourth-order valence-electron chi connectivity index (χ4n) is 3.34. The Hall–Kier alpha value is -1.68. The predicted octanol–water partition coefficient (Wildman–Crippen LogP) is 3.42. The Kier molecular flexibility index (Phi) is 4.06. The van der Waals surface area contributed by atoms with Crippen LogP contribution in [0.25, 0.3) is 5.69 Å². The minimum atomic E-state index is -0.0311. The molecule has 0 radical (unpaired) electrons. The second kappa shape index (κ2) is 5.98. The molecule has 1 aromatic heterocycles. The molecule has 0 unspecified atom stereocenters. The lowest BCUT2D eigenvalue weighted by molar-refractivity contribution is 0.273. The first-order valence-corrected chi connectivity index (χ1v) is 7.83. The second-order valence-corrected chi connectivity index (χ2v) is 6.12. The van der Waals surface area contributed by atoms with E-state index in [4.69, 9.17) is 0 Å². The predicted molar refractivity (Wildman–Crippen MR) is 82.6 cm³/mol. The van der Waals surface area contributed by atoms with Gasteiger partial charge in [-0.3, -0.25) is 0 Å². The summed E-state index contributed by atoms with van der Waals surface area (Å²) >= 11 is 0. The molecule has 3 rings (SSSR count). The molecule has 0 amide bonds. The van der Waals surface area contributed by atoms with Crippen LogP contribution in [0.15, 0.2) is 18.2 Å². The number of benzene rings is 1. The molecule has 0 saturated heterocycles. The average molecular weight is 285 g/mol. The molecule has 1 N–H and O–H groups in total. The molecule has 1 aliphatic rings. The summed E-state index contributed by atoms with van der Waals surface area (Å²) < 4.78 is 1.96. The van der Waals surface area contributed by atoms with Crippen LogP contribution in [0.1, 0.15) is 60.5 Å². The van der Waals surface area contributed by atoms with Gasteiger partial charge in [0.25, 0.3) is 0 Å². The number of aryl methyl sites for hydroxylation is 2. The standard InChI is InChI=1S/C17H23N3O/c1-12-8-9-13(2)16(10-12)20-17(15(11-21)18-19-20)14-6-4-3-5-7-14/h8-10,14,21H,3-7,11H2,1-2H3. The van der Waals surface area contributed by atoms with E-state index in [1.165, 1.54) is 43.2 Å².